The zero-order chi connectivity index (χ0) is 18.7. The van der Waals surface area contributed by atoms with Crippen molar-refractivity contribution in [1.82, 2.24) is 4.90 Å². The van der Waals surface area contributed by atoms with Crippen molar-refractivity contribution in [3.05, 3.63) is 58.6 Å². The minimum Gasteiger partial charge on any atom is -0.481 e. The van der Waals surface area contributed by atoms with Gasteiger partial charge in [-0.1, -0.05) is 23.7 Å². The Labute approximate surface area is 160 Å². The molecule has 5 heteroatoms. The van der Waals surface area contributed by atoms with E-state index in [9.17, 15) is 4.79 Å². The van der Waals surface area contributed by atoms with E-state index in [1.165, 1.54) is 0 Å². The molecule has 2 aromatic rings. The third kappa shape index (κ3) is 4.50. The largest absolute Gasteiger partial charge is 0.481 e. The fraction of sp³-hybridized carbons (Fsp3) is 0.381. The maximum atomic E-state index is 12.7. The SMILES string of the molecule is Cc1cc(C)cc(O[C@@H](C)C(=O)N2CCN(c3cccc(Cl)c3)CC2)c1. The van der Waals surface area contributed by atoms with Gasteiger partial charge in [0.25, 0.3) is 5.91 Å². The lowest BCUT2D eigenvalue weighted by molar-refractivity contribution is -0.138. The number of aryl methyl sites for hydroxylation is 2. The van der Waals surface area contributed by atoms with E-state index >= 15 is 0 Å². The molecular formula is C21H25ClN2O2. The van der Waals surface area contributed by atoms with Gasteiger partial charge in [-0.3, -0.25) is 4.79 Å². The Hall–Kier alpha value is -2.20. The number of ether oxygens (including phenoxy) is 1. The lowest BCUT2D eigenvalue weighted by Crippen LogP contribution is -2.52. The molecule has 0 radical (unpaired) electrons. The van der Waals surface area contributed by atoms with Gasteiger partial charge in [0.2, 0.25) is 0 Å². The van der Waals surface area contributed by atoms with Crippen molar-refractivity contribution < 1.29 is 9.53 Å². The molecule has 0 saturated carbocycles. The summed E-state index contributed by atoms with van der Waals surface area (Å²) in [4.78, 5) is 16.9. The molecule has 1 heterocycles. The van der Waals surface area contributed by atoms with Gasteiger partial charge in [0.1, 0.15) is 5.75 Å². The van der Waals surface area contributed by atoms with Crippen molar-refractivity contribution in [2.45, 2.75) is 26.9 Å². The van der Waals surface area contributed by atoms with Crippen LogP contribution in [0.5, 0.6) is 5.75 Å². The average molecular weight is 373 g/mol. The number of nitrogens with zero attached hydrogens (tertiary/aromatic N) is 2. The van der Waals surface area contributed by atoms with Crippen molar-refractivity contribution in [1.29, 1.82) is 0 Å². The first-order valence-electron chi connectivity index (χ1n) is 8.96. The van der Waals surface area contributed by atoms with E-state index in [1.54, 1.807) is 0 Å². The Balaban J connectivity index is 1.57. The van der Waals surface area contributed by atoms with Gasteiger partial charge in [0.05, 0.1) is 0 Å². The number of hydrogen-bond donors (Lipinski definition) is 0. The van der Waals surface area contributed by atoms with Gasteiger partial charge in [-0.2, -0.15) is 0 Å². The molecule has 1 atom stereocenters. The summed E-state index contributed by atoms with van der Waals surface area (Å²) in [7, 11) is 0. The molecular weight excluding hydrogens is 348 g/mol. The van der Waals surface area contributed by atoms with Gasteiger partial charge in [-0.25, -0.2) is 0 Å². The van der Waals surface area contributed by atoms with E-state index in [2.05, 4.69) is 17.0 Å². The van der Waals surface area contributed by atoms with Crippen LogP contribution in [0.1, 0.15) is 18.1 Å². The number of anilines is 1. The highest BCUT2D eigenvalue weighted by molar-refractivity contribution is 6.30. The molecule has 0 aromatic heterocycles. The lowest BCUT2D eigenvalue weighted by Gasteiger charge is -2.37. The van der Waals surface area contributed by atoms with Crippen LogP contribution in [0.4, 0.5) is 5.69 Å². The van der Waals surface area contributed by atoms with Crippen LogP contribution >= 0.6 is 11.6 Å². The van der Waals surface area contributed by atoms with Crippen molar-refractivity contribution in [2.75, 3.05) is 31.1 Å². The maximum absolute atomic E-state index is 12.7. The van der Waals surface area contributed by atoms with Gasteiger partial charge in [-0.05, 0) is 62.2 Å². The Morgan fingerprint density at radius 3 is 2.31 bits per heavy atom. The Kier molecular flexibility index (Phi) is 5.72. The van der Waals surface area contributed by atoms with Crippen molar-refractivity contribution in [3.63, 3.8) is 0 Å². The third-order valence-corrected chi connectivity index (χ3v) is 4.86. The highest BCUT2D eigenvalue weighted by Crippen LogP contribution is 2.22. The van der Waals surface area contributed by atoms with Crippen molar-refractivity contribution in [2.24, 2.45) is 0 Å². The number of carbonyl (C=O) groups is 1. The summed E-state index contributed by atoms with van der Waals surface area (Å²) in [5.41, 5.74) is 3.37. The van der Waals surface area contributed by atoms with E-state index in [0.29, 0.717) is 13.1 Å². The fourth-order valence-corrected chi connectivity index (χ4v) is 3.55. The predicted molar refractivity (Wildman–Crippen MR) is 106 cm³/mol. The molecule has 26 heavy (non-hydrogen) atoms. The van der Waals surface area contributed by atoms with Crippen LogP contribution in [0.3, 0.4) is 0 Å². The smallest absolute Gasteiger partial charge is 0.263 e. The number of piperazine rings is 1. The second-order valence-electron chi connectivity index (χ2n) is 6.88. The molecule has 0 unspecified atom stereocenters. The molecule has 2 aromatic carbocycles. The molecule has 1 aliphatic rings. The predicted octanol–water partition coefficient (Wildman–Crippen LogP) is 4.07. The molecule has 0 N–H and O–H groups in total. The molecule has 4 nitrogen and oxygen atoms in total. The second-order valence-corrected chi connectivity index (χ2v) is 7.31. The fourth-order valence-electron chi connectivity index (χ4n) is 3.37. The summed E-state index contributed by atoms with van der Waals surface area (Å²) in [6.45, 7) is 8.84. The molecule has 1 fully saturated rings. The molecule has 1 aliphatic heterocycles. The Morgan fingerprint density at radius 1 is 1.04 bits per heavy atom. The molecule has 1 amide bonds. The second kappa shape index (κ2) is 8.00. The van der Waals surface area contributed by atoms with Gasteiger partial charge < -0.3 is 14.5 Å². The Bertz CT molecular complexity index is 765. The average Bonchev–Trinajstić information content (AvgIpc) is 2.60. The molecule has 0 bridgehead atoms. The Morgan fingerprint density at radius 2 is 1.69 bits per heavy atom. The summed E-state index contributed by atoms with van der Waals surface area (Å²) < 4.78 is 5.90. The van der Waals surface area contributed by atoms with Crippen LogP contribution in [0.25, 0.3) is 0 Å². The number of amides is 1. The van der Waals surface area contributed by atoms with Crippen LogP contribution in [-0.4, -0.2) is 43.1 Å². The summed E-state index contributed by atoms with van der Waals surface area (Å²) in [6, 6.07) is 13.9. The van der Waals surface area contributed by atoms with E-state index < -0.39 is 6.10 Å². The molecule has 1 saturated heterocycles. The van der Waals surface area contributed by atoms with Gasteiger partial charge in [-0.15, -0.1) is 0 Å². The minimum absolute atomic E-state index is 0.0369. The third-order valence-electron chi connectivity index (χ3n) is 4.62. The first kappa shape index (κ1) is 18.6. The highest BCUT2D eigenvalue weighted by Gasteiger charge is 2.26. The zero-order valence-corrected chi connectivity index (χ0v) is 16.3. The van der Waals surface area contributed by atoms with Crippen LogP contribution < -0.4 is 9.64 Å². The van der Waals surface area contributed by atoms with E-state index in [4.69, 9.17) is 16.3 Å². The van der Waals surface area contributed by atoms with E-state index in [-0.39, 0.29) is 5.91 Å². The molecule has 0 spiro atoms. The van der Waals surface area contributed by atoms with Crippen LogP contribution in [0.15, 0.2) is 42.5 Å². The number of carbonyl (C=O) groups excluding carboxylic acids is 1. The number of halogens is 1. The maximum Gasteiger partial charge on any atom is 0.263 e. The van der Waals surface area contributed by atoms with Gasteiger partial charge >= 0.3 is 0 Å². The summed E-state index contributed by atoms with van der Waals surface area (Å²) in [5.74, 6) is 0.788. The van der Waals surface area contributed by atoms with Crippen LogP contribution in [0.2, 0.25) is 5.02 Å². The lowest BCUT2D eigenvalue weighted by atomic mass is 10.1. The number of rotatable bonds is 4. The van der Waals surface area contributed by atoms with Crippen LogP contribution in [-0.2, 0) is 4.79 Å². The number of benzene rings is 2. The van der Waals surface area contributed by atoms with Gasteiger partial charge in [0, 0.05) is 36.9 Å². The summed E-state index contributed by atoms with van der Waals surface area (Å²) >= 11 is 6.08. The normalized spacial score (nSPS) is 15.7. The zero-order valence-electron chi connectivity index (χ0n) is 15.5. The first-order valence-corrected chi connectivity index (χ1v) is 9.34. The van der Waals surface area contributed by atoms with Crippen molar-refractivity contribution in [3.8, 4) is 5.75 Å². The monoisotopic (exact) mass is 372 g/mol. The summed E-state index contributed by atoms with van der Waals surface area (Å²) in [6.07, 6.45) is -0.492. The molecule has 3 rings (SSSR count). The molecule has 0 aliphatic carbocycles. The van der Waals surface area contributed by atoms with E-state index in [1.807, 2.05) is 56.0 Å². The van der Waals surface area contributed by atoms with Crippen molar-refractivity contribution >= 4 is 23.2 Å². The van der Waals surface area contributed by atoms with E-state index in [0.717, 1.165) is 40.7 Å². The topological polar surface area (TPSA) is 32.8 Å². The standard InChI is InChI=1S/C21H25ClN2O2/c1-15-11-16(2)13-20(12-15)26-17(3)21(25)24-9-7-23(8-10-24)19-6-4-5-18(22)14-19/h4-6,11-14,17H,7-10H2,1-3H3/t17-/m0/s1. The minimum atomic E-state index is -0.492. The quantitative estimate of drug-likeness (QED) is 0.810. The first-order chi connectivity index (χ1) is 12.4. The highest BCUT2D eigenvalue weighted by atomic mass is 35.5. The molecule has 138 valence electrons. The van der Waals surface area contributed by atoms with Crippen LogP contribution in [0, 0.1) is 13.8 Å². The van der Waals surface area contributed by atoms with Gasteiger partial charge in [0.15, 0.2) is 6.10 Å². The summed E-state index contributed by atoms with van der Waals surface area (Å²) in [5, 5.41) is 0.733. The number of hydrogen-bond acceptors (Lipinski definition) is 3.